The minimum Gasteiger partial charge on any atom is -0.435 e. The molecule has 0 aliphatic rings. The van der Waals surface area contributed by atoms with E-state index in [1.54, 1.807) is 0 Å². The van der Waals surface area contributed by atoms with Crippen molar-refractivity contribution in [2.24, 2.45) is 0 Å². The molecule has 3 heterocycles. The van der Waals surface area contributed by atoms with Crippen LogP contribution in [0.3, 0.4) is 0 Å². The molecule has 0 radical (unpaired) electrons. The van der Waals surface area contributed by atoms with Crippen molar-refractivity contribution in [1.82, 2.24) is 24.5 Å². The zero-order valence-electron chi connectivity index (χ0n) is 34.4. The Bertz CT molecular complexity index is 3910. The average Bonchev–Trinajstić information content (AvgIpc) is 3.96. The van der Waals surface area contributed by atoms with Gasteiger partial charge in [-0.1, -0.05) is 152 Å². The van der Waals surface area contributed by atoms with E-state index in [4.69, 9.17) is 24.4 Å². The number of hydrogen-bond donors (Lipinski definition) is 0. The lowest BCUT2D eigenvalue weighted by Crippen LogP contribution is -2.00. The maximum Gasteiger partial charge on any atom is 0.227 e. The van der Waals surface area contributed by atoms with Crippen molar-refractivity contribution in [3.8, 4) is 62.4 Å². The first kappa shape index (κ1) is 36.0. The maximum absolute atomic E-state index is 6.72. The molecule has 6 heteroatoms. The standard InChI is InChI=1S/C58H35N5O/c1-2-13-39(14-3-1)55-60-56(40-28-31-44(32-29-40)63-51-22-8-6-18-46(51)47-19-7-9-23-52(47)63)62-57(61-55)42-26-25-37-16-10-20-45(49(37)35-42)48-21-11-17-38-30-33-50-54(53(38)48)64-58(59-50)43-27-24-36-12-4-5-15-41(36)34-43/h1-35H. The molecule has 10 aromatic carbocycles. The minimum absolute atomic E-state index is 0.600. The van der Waals surface area contributed by atoms with Gasteiger partial charge in [-0.05, 0) is 98.7 Å². The van der Waals surface area contributed by atoms with Gasteiger partial charge in [0.05, 0.1) is 11.0 Å². The summed E-state index contributed by atoms with van der Waals surface area (Å²) in [7, 11) is 0. The number of fused-ring (bicyclic) bond motifs is 8. The molecule has 13 aromatic rings. The van der Waals surface area contributed by atoms with E-state index in [0.29, 0.717) is 23.4 Å². The molecule has 0 N–H and O–H groups in total. The summed E-state index contributed by atoms with van der Waals surface area (Å²) < 4.78 is 9.04. The highest BCUT2D eigenvalue weighted by Gasteiger charge is 2.19. The molecule has 0 spiro atoms. The van der Waals surface area contributed by atoms with Crippen LogP contribution in [0, 0.1) is 0 Å². The molecule has 0 aliphatic heterocycles. The number of rotatable bonds is 6. The highest BCUT2D eigenvalue weighted by atomic mass is 16.3. The van der Waals surface area contributed by atoms with Gasteiger partial charge in [0.15, 0.2) is 23.1 Å². The van der Waals surface area contributed by atoms with Crippen LogP contribution in [0.25, 0.3) is 128 Å². The minimum atomic E-state index is 0.600. The van der Waals surface area contributed by atoms with Crippen LogP contribution < -0.4 is 0 Å². The van der Waals surface area contributed by atoms with Crippen molar-refractivity contribution in [3.05, 3.63) is 212 Å². The third kappa shape index (κ3) is 5.88. The molecule has 0 atom stereocenters. The van der Waals surface area contributed by atoms with E-state index in [0.717, 1.165) is 77.1 Å². The summed E-state index contributed by atoms with van der Waals surface area (Å²) in [6, 6.07) is 74.1. The van der Waals surface area contributed by atoms with E-state index >= 15 is 0 Å². The number of para-hydroxylation sites is 2. The maximum atomic E-state index is 6.72. The lowest BCUT2D eigenvalue weighted by atomic mass is 9.92. The Kier molecular flexibility index (Phi) is 8.11. The zero-order chi connectivity index (χ0) is 42.1. The van der Waals surface area contributed by atoms with Crippen LogP contribution in [-0.2, 0) is 0 Å². The summed E-state index contributed by atoms with van der Waals surface area (Å²) in [5.74, 6) is 2.42. The van der Waals surface area contributed by atoms with Crippen LogP contribution >= 0.6 is 0 Å². The van der Waals surface area contributed by atoms with Crippen LogP contribution in [0.5, 0.6) is 0 Å². The van der Waals surface area contributed by atoms with Crippen LogP contribution in [-0.4, -0.2) is 24.5 Å². The second-order valence-electron chi connectivity index (χ2n) is 16.2. The smallest absolute Gasteiger partial charge is 0.227 e. The molecule has 0 saturated heterocycles. The second-order valence-corrected chi connectivity index (χ2v) is 16.2. The van der Waals surface area contributed by atoms with Crippen molar-refractivity contribution in [1.29, 1.82) is 0 Å². The van der Waals surface area contributed by atoms with Gasteiger partial charge in [0.1, 0.15) is 5.52 Å². The monoisotopic (exact) mass is 817 g/mol. The third-order valence-electron chi connectivity index (χ3n) is 12.5. The Balaban J connectivity index is 0.941. The van der Waals surface area contributed by atoms with E-state index < -0.39 is 0 Å². The van der Waals surface area contributed by atoms with Gasteiger partial charge in [0, 0.05) is 44.1 Å². The second kappa shape index (κ2) is 14.4. The van der Waals surface area contributed by atoms with E-state index in [-0.39, 0.29) is 0 Å². The fourth-order valence-electron chi connectivity index (χ4n) is 9.38. The summed E-state index contributed by atoms with van der Waals surface area (Å²) in [5, 5.41) is 9.08. The van der Waals surface area contributed by atoms with Crippen LogP contribution in [0.2, 0.25) is 0 Å². The quantitative estimate of drug-likeness (QED) is 0.167. The van der Waals surface area contributed by atoms with Gasteiger partial charge in [-0.15, -0.1) is 0 Å². The molecule has 0 amide bonds. The normalized spacial score (nSPS) is 11.8. The summed E-state index contributed by atoms with van der Waals surface area (Å²) >= 11 is 0. The average molecular weight is 818 g/mol. The number of benzene rings is 10. The summed E-state index contributed by atoms with van der Waals surface area (Å²) in [6.45, 7) is 0. The number of nitrogens with zero attached hydrogens (tertiary/aromatic N) is 5. The van der Waals surface area contributed by atoms with Crippen molar-refractivity contribution in [2.75, 3.05) is 0 Å². The Morgan fingerprint density at radius 2 is 0.906 bits per heavy atom. The fourth-order valence-corrected chi connectivity index (χ4v) is 9.38. The fraction of sp³-hybridized carbons (Fsp3) is 0. The van der Waals surface area contributed by atoms with Crippen LogP contribution in [0.15, 0.2) is 217 Å². The van der Waals surface area contributed by atoms with Crippen molar-refractivity contribution >= 4 is 65.2 Å². The molecule has 298 valence electrons. The van der Waals surface area contributed by atoms with E-state index in [9.17, 15) is 0 Å². The van der Waals surface area contributed by atoms with Gasteiger partial charge in [-0.25, -0.2) is 19.9 Å². The highest BCUT2D eigenvalue weighted by Crippen LogP contribution is 2.41. The Hall–Kier alpha value is -8.74. The van der Waals surface area contributed by atoms with Crippen LogP contribution in [0.1, 0.15) is 0 Å². The van der Waals surface area contributed by atoms with Gasteiger partial charge < -0.3 is 8.98 Å². The highest BCUT2D eigenvalue weighted by molar-refractivity contribution is 6.15. The van der Waals surface area contributed by atoms with Crippen molar-refractivity contribution < 1.29 is 4.42 Å². The number of hydrogen-bond acceptors (Lipinski definition) is 5. The third-order valence-corrected chi connectivity index (χ3v) is 12.5. The molecule has 13 rings (SSSR count). The predicted octanol–water partition coefficient (Wildman–Crippen LogP) is 14.9. The SMILES string of the molecule is c1ccc(-c2nc(-c3ccc(-n4c5ccccc5c5ccccc54)cc3)nc(-c3ccc4cccc(-c5cccc6ccc7nc(-c8ccc9ccccc9c8)oc7c56)c4c3)n2)cc1. The Morgan fingerprint density at radius 3 is 1.67 bits per heavy atom. The van der Waals surface area contributed by atoms with Crippen molar-refractivity contribution in [3.63, 3.8) is 0 Å². The first-order valence-corrected chi connectivity index (χ1v) is 21.5. The molecular formula is C58H35N5O. The molecule has 64 heavy (non-hydrogen) atoms. The summed E-state index contributed by atoms with van der Waals surface area (Å²) in [6.07, 6.45) is 0. The van der Waals surface area contributed by atoms with E-state index in [1.807, 2.05) is 30.3 Å². The van der Waals surface area contributed by atoms with E-state index in [2.05, 4.69) is 187 Å². The van der Waals surface area contributed by atoms with Crippen LogP contribution in [0.4, 0.5) is 0 Å². The molecular weight excluding hydrogens is 783 g/mol. The molecule has 0 unspecified atom stereocenters. The number of oxazole rings is 1. The topological polar surface area (TPSA) is 69.6 Å². The van der Waals surface area contributed by atoms with Gasteiger partial charge >= 0.3 is 0 Å². The van der Waals surface area contributed by atoms with Gasteiger partial charge in [-0.3, -0.25) is 0 Å². The first-order chi connectivity index (χ1) is 31.7. The Morgan fingerprint density at radius 1 is 0.344 bits per heavy atom. The Labute approximate surface area is 367 Å². The number of aromatic nitrogens is 5. The summed E-state index contributed by atoms with van der Waals surface area (Å²) in [4.78, 5) is 20.4. The van der Waals surface area contributed by atoms with Crippen molar-refractivity contribution in [2.45, 2.75) is 0 Å². The zero-order valence-corrected chi connectivity index (χ0v) is 34.4. The van der Waals surface area contributed by atoms with Gasteiger partial charge in [0.2, 0.25) is 5.89 Å². The largest absolute Gasteiger partial charge is 0.435 e. The molecule has 0 aliphatic carbocycles. The lowest BCUT2D eigenvalue weighted by Gasteiger charge is -2.13. The first-order valence-electron chi connectivity index (χ1n) is 21.5. The van der Waals surface area contributed by atoms with E-state index in [1.165, 1.54) is 27.2 Å². The van der Waals surface area contributed by atoms with Gasteiger partial charge in [0.25, 0.3) is 0 Å². The molecule has 6 nitrogen and oxygen atoms in total. The molecule has 0 saturated carbocycles. The lowest BCUT2D eigenvalue weighted by molar-refractivity contribution is 0.623. The molecule has 0 bridgehead atoms. The molecule has 3 aromatic heterocycles. The van der Waals surface area contributed by atoms with Gasteiger partial charge in [-0.2, -0.15) is 0 Å². The summed E-state index contributed by atoms with van der Waals surface area (Å²) in [5.41, 5.74) is 10.8. The molecule has 0 fully saturated rings. The predicted molar refractivity (Wildman–Crippen MR) is 261 cm³/mol.